The molecule has 0 radical (unpaired) electrons. The highest BCUT2D eigenvalue weighted by atomic mass is 32.2. The quantitative estimate of drug-likeness (QED) is 0.551. The van der Waals surface area contributed by atoms with Crippen molar-refractivity contribution >= 4 is 33.2 Å². The number of sulfonamides is 1. The van der Waals surface area contributed by atoms with E-state index in [9.17, 15) is 18.0 Å². The fraction of sp³-hybridized carbons (Fsp3) is 0.100. The van der Waals surface area contributed by atoms with Gasteiger partial charge in [0.25, 0.3) is 11.8 Å². The van der Waals surface area contributed by atoms with Crippen LogP contribution in [0.3, 0.4) is 0 Å². The molecule has 0 fully saturated rings. The Morgan fingerprint density at radius 1 is 0.862 bits per heavy atom. The molecule has 1 heterocycles. The van der Waals surface area contributed by atoms with Gasteiger partial charge in [0.1, 0.15) is 5.76 Å². The lowest BCUT2D eigenvalue weighted by Gasteiger charge is -2.13. The van der Waals surface area contributed by atoms with Gasteiger partial charge in [0.15, 0.2) is 0 Å². The highest BCUT2D eigenvalue weighted by molar-refractivity contribution is 7.92. The van der Waals surface area contributed by atoms with Gasteiger partial charge in [-0.05, 0) is 36.4 Å². The molecule has 0 aliphatic carbocycles. The Kier molecular flexibility index (Phi) is 5.99. The van der Waals surface area contributed by atoms with E-state index < -0.39 is 15.9 Å². The smallest absolute Gasteiger partial charge is 0.257 e. The van der Waals surface area contributed by atoms with Crippen LogP contribution in [-0.2, 0) is 16.6 Å². The number of anilines is 2. The van der Waals surface area contributed by atoms with E-state index in [1.165, 1.54) is 18.4 Å². The highest BCUT2D eigenvalue weighted by Crippen LogP contribution is 2.21. The van der Waals surface area contributed by atoms with E-state index in [0.29, 0.717) is 11.4 Å². The first-order chi connectivity index (χ1) is 13.8. The number of nitrogens with one attached hydrogen (secondary N) is 3. The molecule has 1 aromatic heterocycles. The molecule has 0 atom stereocenters. The van der Waals surface area contributed by atoms with Crippen molar-refractivity contribution < 1.29 is 22.4 Å². The van der Waals surface area contributed by atoms with Gasteiger partial charge in [-0.15, -0.1) is 0 Å². The molecular formula is C20H19N3O5S. The van der Waals surface area contributed by atoms with Crippen molar-refractivity contribution in [3.05, 3.63) is 83.8 Å². The number of hydrogen-bond donors (Lipinski definition) is 3. The molecule has 2 amide bonds. The number of rotatable bonds is 7. The van der Waals surface area contributed by atoms with Crippen molar-refractivity contribution in [2.24, 2.45) is 0 Å². The number of furan rings is 1. The van der Waals surface area contributed by atoms with Crippen LogP contribution in [0.5, 0.6) is 0 Å². The minimum Gasteiger partial charge on any atom is -0.467 e. The summed E-state index contributed by atoms with van der Waals surface area (Å²) in [5, 5.41) is 5.39. The minimum atomic E-state index is -3.56. The molecule has 0 unspecified atom stereocenters. The van der Waals surface area contributed by atoms with Crippen LogP contribution in [0.15, 0.2) is 71.3 Å². The Morgan fingerprint density at radius 3 is 2.10 bits per heavy atom. The van der Waals surface area contributed by atoms with Gasteiger partial charge < -0.3 is 15.1 Å². The van der Waals surface area contributed by atoms with Crippen LogP contribution in [0.25, 0.3) is 0 Å². The van der Waals surface area contributed by atoms with Crippen molar-refractivity contribution in [3.63, 3.8) is 0 Å². The van der Waals surface area contributed by atoms with E-state index >= 15 is 0 Å². The topological polar surface area (TPSA) is 118 Å². The third-order valence-electron chi connectivity index (χ3n) is 3.89. The summed E-state index contributed by atoms with van der Waals surface area (Å²) in [5.74, 6) is -0.344. The van der Waals surface area contributed by atoms with E-state index in [1.807, 2.05) is 0 Å². The maximum atomic E-state index is 12.7. The zero-order valence-corrected chi connectivity index (χ0v) is 16.3. The zero-order valence-electron chi connectivity index (χ0n) is 15.5. The summed E-state index contributed by atoms with van der Waals surface area (Å²) >= 11 is 0. The second kappa shape index (κ2) is 8.61. The lowest BCUT2D eigenvalue weighted by molar-refractivity contribution is 0.0949. The fourth-order valence-corrected chi connectivity index (χ4v) is 3.20. The van der Waals surface area contributed by atoms with Crippen LogP contribution in [0, 0.1) is 0 Å². The summed E-state index contributed by atoms with van der Waals surface area (Å²) in [6, 6.07) is 16.2. The van der Waals surface area contributed by atoms with Gasteiger partial charge in [-0.3, -0.25) is 14.3 Å². The van der Waals surface area contributed by atoms with E-state index in [4.69, 9.17) is 4.42 Å². The molecule has 3 rings (SSSR count). The molecule has 8 nitrogen and oxygen atoms in total. The molecule has 0 saturated heterocycles. The predicted octanol–water partition coefficient (Wildman–Crippen LogP) is 2.83. The van der Waals surface area contributed by atoms with Crippen molar-refractivity contribution in [2.75, 3.05) is 16.3 Å². The summed E-state index contributed by atoms with van der Waals surface area (Å²) in [6.07, 6.45) is 2.51. The van der Waals surface area contributed by atoms with Crippen molar-refractivity contribution in [1.82, 2.24) is 5.32 Å². The van der Waals surface area contributed by atoms with Crippen LogP contribution >= 0.6 is 0 Å². The number of para-hydroxylation sites is 2. The molecule has 0 spiro atoms. The maximum Gasteiger partial charge on any atom is 0.257 e. The average Bonchev–Trinajstić information content (AvgIpc) is 3.19. The summed E-state index contributed by atoms with van der Waals surface area (Å²) in [4.78, 5) is 25.3. The number of amides is 2. The molecule has 3 N–H and O–H groups in total. The Balaban J connectivity index is 1.79. The monoisotopic (exact) mass is 413 g/mol. The van der Waals surface area contributed by atoms with Crippen molar-refractivity contribution in [3.8, 4) is 0 Å². The SMILES string of the molecule is CS(=O)(=O)Nc1ccccc1C(=O)Nc1ccccc1C(=O)NCc1ccco1. The van der Waals surface area contributed by atoms with Crippen LogP contribution in [-0.4, -0.2) is 26.5 Å². The second-order valence-electron chi connectivity index (χ2n) is 6.18. The maximum absolute atomic E-state index is 12.7. The standard InChI is InChI=1S/C20H19N3O5S/c1-29(26,27)23-18-11-5-3-9-16(18)20(25)22-17-10-4-2-8-15(17)19(24)21-13-14-7-6-12-28-14/h2-12,23H,13H2,1H3,(H,21,24)(H,22,25). The summed E-state index contributed by atoms with van der Waals surface area (Å²) in [7, 11) is -3.56. The molecular weight excluding hydrogens is 394 g/mol. The van der Waals surface area contributed by atoms with Crippen molar-refractivity contribution in [1.29, 1.82) is 0 Å². The summed E-state index contributed by atoms with van der Waals surface area (Å²) < 4.78 is 30.6. The van der Waals surface area contributed by atoms with Gasteiger partial charge >= 0.3 is 0 Å². The van der Waals surface area contributed by atoms with Gasteiger partial charge in [0.05, 0.1) is 41.6 Å². The molecule has 150 valence electrons. The van der Waals surface area contributed by atoms with Crippen LogP contribution in [0.4, 0.5) is 11.4 Å². The highest BCUT2D eigenvalue weighted by Gasteiger charge is 2.17. The lowest BCUT2D eigenvalue weighted by atomic mass is 10.1. The van der Waals surface area contributed by atoms with E-state index in [-0.39, 0.29) is 29.3 Å². The second-order valence-corrected chi connectivity index (χ2v) is 7.93. The molecule has 0 saturated carbocycles. The van der Waals surface area contributed by atoms with Crippen LogP contribution < -0.4 is 15.4 Å². The number of carbonyl (C=O) groups excluding carboxylic acids is 2. The summed E-state index contributed by atoms with van der Waals surface area (Å²) in [5.41, 5.74) is 0.834. The van der Waals surface area contributed by atoms with Crippen molar-refractivity contribution in [2.45, 2.75) is 6.54 Å². The first kappa shape index (κ1) is 20.2. The predicted molar refractivity (Wildman–Crippen MR) is 109 cm³/mol. The van der Waals surface area contributed by atoms with E-state index in [1.54, 1.807) is 48.5 Å². The van der Waals surface area contributed by atoms with Gasteiger partial charge in [-0.1, -0.05) is 24.3 Å². The summed E-state index contributed by atoms with van der Waals surface area (Å²) in [6.45, 7) is 0.204. The van der Waals surface area contributed by atoms with Gasteiger partial charge in [-0.25, -0.2) is 8.42 Å². The number of hydrogen-bond acceptors (Lipinski definition) is 5. The third-order valence-corrected chi connectivity index (χ3v) is 4.48. The average molecular weight is 413 g/mol. The largest absolute Gasteiger partial charge is 0.467 e. The zero-order chi connectivity index (χ0) is 20.9. The molecule has 0 bridgehead atoms. The first-order valence-electron chi connectivity index (χ1n) is 8.61. The fourth-order valence-electron chi connectivity index (χ4n) is 2.63. The Bertz CT molecular complexity index is 1120. The molecule has 0 aliphatic rings. The normalized spacial score (nSPS) is 10.9. The number of carbonyl (C=O) groups is 2. The van der Waals surface area contributed by atoms with Gasteiger partial charge in [-0.2, -0.15) is 0 Å². The Morgan fingerprint density at radius 2 is 1.48 bits per heavy atom. The molecule has 2 aromatic carbocycles. The van der Waals surface area contributed by atoms with Crippen LogP contribution in [0.1, 0.15) is 26.5 Å². The Hall–Kier alpha value is -3.59. The molecule has 9 heteroatoms. The van der Waals surface area contributed by atoms with Gasteiger partial charge in [0, 0.05) is 0 Å². The lowest BCUT2D eigenvalue weighted by Crippen LogP contribution is -2.25. The minimum absolute atomic E-state index is 0.128. The van der Waals surface area contributed by atoms with E-state index in [0.717, 1.165) is 6.26 Å². The third kappa shape index (κ3) is 5.45. The molecule has 3 aromatic rings. The van der Waals surface area contributed by atoms with E-state index in [2.05, 4.69) is 15.4 Å². The van der Waals surface area contributed by atoms with Crippen LogP contribution in [0.2, 0.25) is 0 Å². The number of benzene rings is 2. The molecule has 0 aliphatic heterocycles. The Labute approximate surface area is 168 Å². The molecule has 29 heavy (non-hydrogen) atoms. The van der Waals surface area contributed by atoms with Gasteiger partial charge in [0.2, 0.25) is 10.0 Å². The first-order valence-corrected chi connectivity index (χ1v) is 10.5.